The number of aryl methyl sites for hydroxylation is 1. The molecule has 1 aromatic heterocycles. The van der Waals surface area contributed by atoms with Gasteiger partial charge in [-0.25, -0.2) is 4.98 Å². The van der Waals surface area contributed by atoms with Crippen molar-refractivity contribution < 1.29 is 18.7 Å². The van der Waals surface area contributed by atoms with Gasteiger partial charge in [-0.05, 0) is 55.3 Å². The first kappa shape index (κ1) is 20.7. The molecule has 0 atom stereocenters. The molecular formula is C23H26N2O4S. The molecule has 1 saturated carbocycles. The van der Waals surface area contributed by atoms with E-state index in [0.717, 1.165) is 53.3 Å². The number of carbonyl (C=O) groups is 2. The topological polar surface area (TPSA) is 81.4 Å². The number of nitrogens with zero attached hydrogens (tertiary/aromatic N) is 1. The predicted octanol–water partition coefficient (Wildman–Crippen LogP) is 5.15. The maximum atomic E-state index is 11.6. The molecule has 1 aromatic carbocycles. The Morgan fingerprint density at radius 2 is 1.93 bits per heavy atom. The van der Waals surface area contributed by atoms with Gasteiger partial charge in [-0.2, -0.15) is 0 Å². The number of hydrogen-bond donors (Lipinski definition) is 1. The highest BCUT2D eigenvalue weighted by Gasteiger charge is 2.34. The SMILES string of the molecule is Cc1oc(C2(C)CCCCC2)nc1CCOc1ccc(/C=C2\SC(=O)NC2=O)cc1. The minimum Gasteiger partial charge on any atom is -0.493 e. The van der Waals surface area contributed by atoms with Gasteiger partial charge in [0.15, 0.2) is 0 Å². The average molecular weight is 427 g/mol. The molecule has 0 radical (unpaired) electrons. The van der Waals surface area contributed by atoms with Crippen LogP contribution in [-0.4, -0.2) is 22.7 Å². The average Bonchev–Trinajstić information content (AvgIpc) is 3.25. The standard InChI is InChI=1S/C23H26N2O4S/c1-15-18(24-21(29-15)23(2)11-4-3-5-12-23)10-13-28-17-8-6-16(7-9-17)14-19-20(26)25-22(27)30-19/h6-9,14H,3-5,10-13H2,1-2H3,(H,25,26,27)/b19-14-. The number of rotatable bonds is 6. The van der Waals surface area contributed by atoms with E-state index in [-0.39, 0.29) is 16.6 Å². The van der Waals surface area contributed by atoms with Gasteiger partial charge >= 0.3 is 0 Å². The fraction of sp³-hybridized carbons (Fsp3) is 0.435. The van der Waals surface area contributed by atoms with E-state index < -0.39 is 0 Å². The van der Waals surface area contributed by atoms with E-state index in [1.165, 1.54) is 19.3 Å². The molecule has 158 valence electrons. The Hall–Kier alpha value is -2.54. The number of ether oxygens (including phenoxy) is 1. The highest BCUT2D eigenvalue weighted by atomic mass is 32.2. The van der Waals surface area contributed by atoms with Gasteiger partial charge in [0.2, 0.25) is 5.89 Å². The largest absolute Gasteiger partial charge is 0.493 e. The zero-order chi connectivity index (χ0) is 21.1. The minimum absolute atomic E-state index is 0.0611. The summed E-state index contributed by atoms with van der Waals surface area (Å²) in [5.41, 5.74) is 1.87. The van der Waals surface area contributed by atoms with Crippen LogP contribution in [-0.2, 0) is 16.6 Å². The monoisotopic (exact) mass is 426 g/mol. The number of carbonyl (C=O) groups excluding carboxylic acids is 2. The maximum Gasteiger partial charge on any atom is 0.290 e. The lowest BCUT2D eigenvalue weighted by Crippen LogP contribution is -2.25. The first-order chi connectivity index (χ1) is 14.4. The molecule has 2 fully saturated rings. The van der Waals surface area contributed by atoms with Gasteiger partial charge in [-0.3, -0.25) is 14.9 Å². The molecular weight excluding hydrogens is 400 g/mol. The van der Waals surface area contributed by atoms with Crippen LogP contribution >= 0.6 is 11.8 Å². The van der Waals surface area contributed by atoms with E-state index in [1.54, 1.807) is 6.08 Å². The molecule has 2 aliphatic rings. The summed E-state index contributed by atoms with van der Waals surface area (Å²) in [7, 11) is 0. The van der Waals surface area contributed by atoms with Crippen molar-refractivity contribution in [1.82, 2.24) is 10.3 Å². The molecule has 0 spiro atoms. The second-order valence-corrected chi connectivity index (χ2v) is 9.18. The molecule has 1 N–H and O–H groups in total. The molecule has 6 nitrogen and oxygen atoms in total. The molecule has 1 aliphatic carbocycles. The minimum atomic E-state index is -0.352. The summed E-state index contributed by atoms with van der Waals surface area (Å²) in [6.07, 6.45) is 8.44. The number of thioether (sulfide) groups is 1. The van der Waals surface area contributed by atoms with Crippen LogP contribution in [0.2, 0.25) is 0 Å². The lowest BCUT2D eigenvalue weighted by molar-refractivity contribution is -0.115. The summed E-state index contributed by atoms with van der Waals surface area (Å²) in [5, 5.41) is 1.91. The summed E-state index contributed by atoms with van der Waals surface area (Å²) in [6.45, 7) is 4.75. The molecule has 1 aliphatic heterocycles. The van der Waals surface area contributed by atoms with E-state index in [9.17, 15) is 9.59 Å². The van der Waals surface area contributed by atoms with E-state index >= 15 is 0 Å². The quantitative estimate of drug-likeness (QED) is 0.643. The molecule has 7 heteroatoms. The fourth-order valence-electron chi connectivity index (χ4n) is 3.96. The van der Waals surface area contributed by atoms with Crippen molar-refractivity contribution in [2.45, 2.75) is 57.8 Å². The highest BCUT2D eigenvalue weighted by molar-refractivity contribution is 8.18. The van der Waals surface area contributed by atoms with Crippen LogP contribution in [0.1, 0.15) is 61.9 Å². The number of amides is 2. The van der Waals surface area contributed by atoms with Crippen molar-refractivity contribution in [3.05, 3.63) is 52.1 Å². The zero-order valence-corrected chi connectivity index (χ0v) is 18.1. The molecule has 2 heterocycles. The van der Waals surface area contributed by atoms with Crippen LogP contribution in [0.25, 0.3) is 6.08 Å². The molecule has 2 amide bonds. The van der Waals surface area contributed by atoms with Crippen molar-refractivity contribution in [2.75, 3.05) is 6.61 Å². The second kappa shape index (κ2) is 8.68. The number of oxazole rings is 1. The van der Waals surface area contributed by atoms with Crippen molar-refractivity contribution in [3.63, 3.8) is 0 Å². The summed E-state index contributed by atoms with van der Waals surface area (Å²) < 4.78 is 11.9. The van der Waals surface area contributed by atoms with Crippen LogP contribution < -0.4 is 10.1 Å². The fourth-order valence-corrected chi connectivity index (χ4v) is 4.64. The first-order valence-electron chi connectivity index (χ1n) is 10.4. The Morgan fingerprint density at radius 1 is 1.20 bits per heavy atom. The highest BCUT2D eigenvalue weighted by Crippen LogP contribution is 2.39. The summed E-state index contributed by atoms with van der Waals surface area (Å²) >= 11 is 0.912. The summed E-state index contributed by atoms with van der Waals surface area (Å²) in [4.78, 5) is 28.1. The van der Waals surface area contributed by atoms with E-state index in [0.29, 0.717) is 17.9 Å². The van der Waals surface area contributed by atoms with E-state index in [4.69, 9.17) is 14.1 Å². The number of aromatic nitrogens is 1. The van der Waals surface area contributed by atoms with Gasteiger partial charge < -0.3 is 9.15 Å². The number of hydrogen-bond acceptors (Lipinski definition) is 6. The second-order valence-electron chi connectivity index (χ2n) is 8.16. The van der Waals surface area contributed by atoms with Gasteiger partial charge in [0.1, 0.15) is 11.5 Å². The van der Waals surface area contributed by atoms with Crippen molar-refractivity contribution >= 4 is 29.0 Å². The molecule has 2 aromatic rings. The summed E-state index contributed by atoms with van der Waals surface area (Å²) in [6, 6.07) is 7.44. The Balaban J connectivity index is 1.33. The third-order valence-electron chi connectivity index (χ3n) is 5.79. The smallest absolute Gasteiger partial charge is 0.290 e. The van der Waals surface area contributed by atoms with Crippen LogP contribution in [0.4, 0.5) is 4.79 Å². The number of imide groups is 1. The van der Waals surface area contributed by atoms with Crippen LogP contribution in [0.5, 0.6) is 5.75 Å². The zero-order valence-electron chi connectivity index (χ0n) is 17.3. The lowest BCUT2D eigenvalue weighted by Gasteiger charge is -2.30. The predicted molar refractivity (Wildman–Crippen MR) is 116 cm³/mol. The number of benzene rings is 1. The van der Waals surface area contributed by atoms with Crippen molar-refractivity contribution in [3.8, 4) is 5.75 Å². The van der Waals surface area contributed by atoms with Gasteiger partial charge in [-0.1, -0.05) is 38.3 Å². The van der Waals surface area contributed by atoms with E-state index in [1.807, 2.05) is 31.2 Å². The Labute approximate surface area is 180 Å². The van der Waals surface area contributed by atoms with Crippen molar-refractivity contribution in [2.24, 2.45) is 0 Å². The molecule has 4 rings (SSSR count). The van der Waals surface area contributed by atoms with Gasteiger partial charge in [-0.15, -0.1) is 0 Å². The van der Waals surface area contributed by atoms with Crippen molar-refractivity contribution in [1.29, 1.82) is 0 Å². The maximum absolute atomic E-state index is 11.6. The lowest BCUT2D eigenvalue weighted by atomic mass is 9.76. The third kappa shape index (κ3) is 4.61. The number of nitrogens with one attached hydrogen (secondary N) is 1. The molecule has 0 bridgehead atoms. The molecule has 0 unspecified atom stereocenters. The van der Waals surface area contributed by atoms with Gasteiger partial charge in [0, 0.05) is 11.8 Å². The van der Waals surface area contributed by atoms with Crippen LogP contribution in [0.15, 0.2) is 33.6 Å². The van der Waals surface area contributed by atoms with Gasteiger partial charge in [0.05, 0.1) is 17.2 Å². The Bertz CT molecular complexity index is 972. The van der Waals surface area contributed by atoms with Crippen LogP contribution in [0, 0.1) is 6.92 Å². The normalized spacial score (nSPS) is 19.9. The molecule has 30 heavy (non-hydrogen) atoms. The van der Waals surface area contributed by atoms with Gasteiger partial charge in [0.25, 0.3) is 11.1 Å². The Kier molecular flexibility index (Phi) is 5.99. The van der Waals surface area contributed by atoms with E-state index in [2.05, 4.69) is 12.2 Å². The Morgan fingerprint density at radius 3 is 2.60 bits per heavy atom. The van der Waals surface area contributed by atoms with Crippen LogP contribution in [0.3, 0.4) is 0 Å². The molecule has 1 saturated heterocycles. The third-order valence-corrected chi connectivity index (χ3v) is 6.60. The first-order valence-corrected chi connectivity index (χ1v) is 11.2. The summed E-state index contributed by atoms with van der Waals surface area (Å²) in [5.74, 6) is 2.15.